The highest BCUT2D eigenvalue weighted by atomic mass is 16.4. The van der Waals surface area contributed by atoms with E-state index in [0.717, 1.165) is 38.9 Å². The van der Waals surface area contributed by atoms with E-state index in [4.69, 9.17) is 5.11 Å². The van der Waals surface area contributed by atoms with E-state index in [1.807, 2.05) is 0 Å². The zero-order valence-electron chi connectivity index (χ0n) is 13.3. The molecule has 0 aliphatic carbocycles. The summed E-state index contributed by atoms with van der Waals surface area (Å²) in [5.41, 5.74) is 0. The van der Waals surface area contributed by atoms with Crippen molar-refractivity contribution < 1.29 is 14.7 Å². The molecule has 2 N–H and O–H groups in total. The van der Waals surface area contributed by atoms with Crippen molar-refractivity contribution in [2.45, 2.75) is 58.3 Å². The number of nitrogens with one attached hydrogen (secondary N) is 1. The summed E-state index contributed by atoms with van der Waals surface area (Å²) < 4.78 is 0. The van der Waals surface area contributed by atoms with Gasteiger partial charge in [-0.3, -0.25) is 9.59 Å². The first-order valence-electron chi connectivity index (χ1n) is 8.32. The summed E-state index contributed by atoms with van der Waals surface area (Å²) in [6.07, 6.45) is 7.02. The van der Waals surface area contributed by atoms with Crippen LogP contribution in [0.5, 0.6) is 0 Å². The maximum Gasteiger partial charge on any atom is 0.303 e. The topological polar surface area (TPSA) is 69.6 Å². The van der Waals surface area contributed by atoms with Crippen molar-refractivity contribution in [3.05, 3.63) is 0 Å². The molecule has 0 aromatic heterocycles. The summed E-state index contributed by atoms with van der Waals surface area (Å²) in [6, 6.07) is 0. The predicted molar refractivity (Wildman–Crippen MR) is 83.2 cm³/mol. The number of carbonyl (C=O) groups excluding carboxylic acids is 1. The van der Waals surface area contributed by atoms with Crippen molar-refractivity contribution in [2.24, 2.45) is 5.92 Å². The van der Waals surface area contributed by atoms with Crippen molar-refractivity contribution in [1.82, 2.24) is 10.2 Å². The molecular formula is C16H30N2O3. The molecule has 0 saturated carbocycles. The van der Waals surface area contributed by atoms with Crippen LogP contribution >= 0.6 is 0 Å². The Kier molecular flexibility index (Phi) is 9.06. The molecule has 5 nitrogen and oxygen atoms in total. The van der Waals surface area contributed by atoms with E-state index in [9.17, 15) is 9.59 Å². The Morgan fingerprint density at radius 3 is 2.48 bits per heavy atom. The third kappa shape index (κ3) is 8.71. The maximum atomic E-state index is 11.8. The predicted octanol–water partition coefficient (Wildman–Crippen LogP) is 2.26. The van der Waals surface area contributed by atoms with Gasteiger partial charge >= 0.3 is 5.97 Å². The Bertz CT molecular complexity index is 315. The van der Waals surface area contributed by atoms with Gasteiger partial charge in [-0.25, -0.2) is 0 Å². The summed E-state index contributed by atoms with van der Waals surface area (Å²) in [7, 11) is 0. The van der Waals surface area contributed by atoms with Crippen LogP contribution < -0.4 is 5.32 Å². The largest absolute Gasteiger partial charge is 0.481 e. The van der Waals surface area contributed by atoms with Crippen molar-refractivity contribution in [3.8, 4) is 0 Å². The monoisotopic (exact) mass is 298 g/mol. The first-order valence-corrected chi connectivity index (χ1v) is 8.32. The van der Waals surface area contributed by atoms with Gasteiger partial charge in [0.2, 0.25) is 5.91 Å². The Labute approximate surface area is 128 Å². The number of likely N-dealkylation sites (tertiary alicyclic amines) is 1. The Balaban J connectivity index is 2.10. The summed E-state index contributed by atoms with van der Waals surface area (Å²) in [4.78, 5) is 24.7. The molecule has 1 aliphatic heterocycles. The average molecular weight is 298 g/mol. The van der Waals surface area contributed by atoms with Gasteiger partial charge < -0.3 is 15.3 Å². The molecule has 122 valence electrons. The zero-order valence-corrected chi connectivity index (χ0v) is 13.3. The third-order valence-electron chi connectivity index (χ3n) is 4.19. The van der Waals surface area contributed by atoms with Crippen LogP contribution in [0.15, 0.2) is 0 Å². The fraction of sp³-hybridized carbons (Fsp3) is 0.875. The highest BCUT2D eigenvalue weighted by molar-refractivity contribution is 5.76. The van der Waals surface area contributed by atoms with E-state index in [0.29, 0.717) is 25.3 Å². The quantitative estimate of drug-likeness (QED) is 0.614. The van der Waals surface area contributed by atoms with Gasteiger partial charge in [0.05, 0.1) is 0 Å². The molecule has 1 unspecified atom stereocenters. The van der Waals surface area contributed by atoms with Gasteiger partial charge in [0.25, 0.3) is 0 Å². The molecule has 1 aliphatic rings. The highest BCUT2D eigenvalue weighted by Gasteiger charge is 2.13. The highest BCUT2D eigenvalue weighted by Crippen LogP contribution is 2.17. The number of rotatable bonds is 11. The smallest absolute Gasteiger partial charge is 0.303 e. The normalized spacial score (nSPS) is 16.8. The molecule has 0 spiro atoms. The molecule has 0 aromatic carbocycles. The number of nitrogens with zero attached hydrogens (tertiary/aromatic N) is 1. The molecule has 0 aromatic rings. The molecular weight excluding hydrogens is 268 g/mol. The summed E-state index contributed by atoms with van der Waals surface area (Å²) >= 11 is 0. The van der Waals surface area contributed by atoms with E-state index in [2.05, 4.69) is 17.1 Å². The standard InChI is InChI=1S/C16H30N2O3/c1-2-5-14(6-7-16(20)21)8-10-17-15(19)9-13-18-11-3-4-12-18/h14H,2-13H2,1H3,(H,17,19)(H,20,21). The van der Waals surface area contributed by atoms with Crippen LogP contribution in [0.1, 0.15) is 58.3 Å². The molecule has 0 bridgehead atoms. The van der Waals surface area contributed by atoms with E-state index in [-0.39, 0.29) is 12.3 Å². The van der Waals surface area contributed by atoms with Gasteiger partial charge in [-0.1, -0.05) is 19.8 Å². The van der Waals surface area contributed by atoms with Crippen LogP contribution in [0, 0.1) is 5.92 Å². The fourth-order valence-electron chi connectivity index (χ4n) is 2.94. The molecule has 1 amide bonds. The molecule has 21 heavy (non-hydrogen) atoms. The minimum absolute atomic E-state index is 0.121. The lowest BCUT2D eigenvalue weighted by molar-refractivity contribution is -0.137. The molecule has 1 rings (SSSR count). The average Bonchev–Trinajstić information content (AvgIpc) is 2.95. The van der Waals surface area contributed by atoms with Gasteiger partial charge in [0.1, 0.15) is 0 Å². The SMILES string of the molecule is CCCC(CCNC(=O)CCN1CCCC1)CCC(=O)O. The first-order chi connectivity index (χ1) is 10.1. The maximum absolute atomic E-state index is 11.8. The van der Waals surface area contributed by atoms with E-state index >= 15 is 0 Å². The second-order valence-corrected chi connectivity index (χ2v) is 6.02. The zero-order chi connectivity index (χ0) is 15.5. The number of carboxylic acid groups (broad SMARTS) is 1. The number of carbonyl (C=O) groups is 2. The van der Waals surface area contributed by atoms with Crippen LogP contribution in [0.25, 0.3) is 0 Å². The lowest BCUT2D eigenvalue weighted by atomic mass is 9.94. The summed E-state index contributed by atoms with van der Waals surface area (Å²) in [5, 5.41) is 11.7. The number of aliphatic carboxylic acids is 1. The lowest BCUT2D eigenvalue weighted by Crippen LogP contribution is -2.30. The number of amides is 1. The molecule has 0 radical (unpaired) electrons. The molecule has 5 heteroatoms. The minimum atomic E-state index is -0.731. The molecule has 1 saturated heterocycles. The van der Waals surface area contributed by atoms with Gasteiger partial charge in [-0.15, -0.1) is 0 Å². The van der Waals surface area contributed by atoms with Crippen LogP contribution in [0.3, 0.4) is 0 Å². The Hall–Kier alpha value is -1.10. The second-order valence-electron chi connectivity index (χ2n) is 6.02. The number of hydrogen-bond acceptors (Lipinski definition) is 3. The van der Waals surface area contributed by atoms with Gasteiger partial charge in [0, 0.05) is 25.9 Å². The lowest BCUT2D eigenvalue weighted by Gasteiger charge is -2.16. The van der Waals surface area contributed by atoms with Crippen molar-refractivity contribution in [2.75, 3.05) is 26.2 Å². The summed E-state index contributed by atoms with van der Waals surface area (Å²) in [6.45, 7) is 5.90. The second kappa shape index (κ2) is 10.6. The molecule has 1 fully saturated rings. The minimum Gasteiger partial charge on any atom is -0.481 e. The van der Waals surface area contributed by atoms with Crippen LogP contribution in [0.4, 0.5) is 0 Å². The van der Waals surface area contributed by atoms with Crippen LogP contribution in [-0.4, -0.2) is 48.1 Å². The van der Waals surface area contributed by atoms with Crippen molar-refractivity contribution >= 4 is 11.9 Å². The summed E-state index contributed by atoms with van der Waals surface area (Å²) in [5.74, 6) is -0.203. The molecule has 1 atom stereocenters. The van der Waals surface area contributed by atoms with Crippen molar-refractivity contribution in [3.63, 3.8) is 0 Å². The van der Waals surface area contributed by atoms with Gasteiger partial charge in [0.15, 0.2) is 0 Å². The van der Waals surface area contributed by atoms with Crippen molar-refractivity contribution in [1.29, 1.82) is 0 Å². The van der Waals surface area contributed by atoms with E-state index in [1.54, 1.807) is 0 Å². The van der Waals surface area contributed by atoms with Gasteiger partial charge in [-0.2, -0.15) is 0 Å². The Morgan fingerprint density at radius 1 is 1.14 bits per heavy atom. The third-order valence-corrected chi connectivity index (χ3v) is 4.19. The fourth-order valence-corrected chi connectivity index (χ4v) is 2.94. The molecule has 1 heterocycles. The van der Waals surface area contributed by atoms with E-state index in [1.165, 1.54) is 12.8 Å². The van der Waals surface area contributed by atoms with Gasteiger partial charge in [-0.05, 0) is 44.7 Å². The van der Waals surface area contributed by atoms with E-state index < -0.39 is 5.97 Å². The Morgan fingerprint density at radius 2 is 1.86 bits per heavy atom. The van der Waals surface area contributed by atoms with Crippen LogP contribution in [0.2, 0.25) is 0 Å². The van der Waals surface area contributed by atoms with Crippen LogP contribution in [-0.2, 0) is 9.59 Å². The number of carboxylic acids is 1. The number of hydrogen-bond donors (Lipinski definition) is 2. The first kappa shape index (κ1) is 18.0.